The molecule has 7 nitrogen and oxygen atoms in total. The molecule has 34 heavy (non-hydrogen) atoms. The normalized spacial score (nSPS) is 18.9. The average molecular weight is 484 g/mol. The highest BCUT2D eigenvalue weighted by Crippen LogP contribution is 2.33. The fourth-order valence-corrected chi connectivity index (χ4v) is 4.82. The molecule has 0 spiro atoms. The summed E-state index contributed by atoms with van der Waals surface area (Å²) >= 11 is 4.83. The van der Waals surface area contributed by atoms with Gasteiger partial charge in [0.1, 0.15) is 5.82 Å². The van der Waals surface area contributed by atoms with Gasteiger partial charge in [-0.25, -0.2) is 4.39 Å². The number of nitrogens with two attached hydrogens (primary N) is 1. The van der Waals surface area contributed by atoms with E-state index in [-0.39, 0.29) is 10.9 Å². The quantitative estimate of drug-likeness (QED) is 0.372. The van der Waals surface area contributed by atoms with E-state index in [0.29, 0.717) is 17.3 Å². The van der Waals surface area contributed by atoms with Crippen LogP contribution in [0.25, 0.3) is 0 Å². The molecule has 0 aliphatic carbocycles. The number of nitrogens with one attached hydrogen (secondary N) is 1. The Morgan fingerprint density at radius 1 is 1.09 bits per heavy atom. The van der Waals surface area contributed by atoms with Crippen LogP contribution >= 0.6 is 12.2 Å². The number of rotatable bonds is 6. The van der Waals surface area contributed by atoms with E-state index in [0.717, 1.165) is 51.4 Å². The standard InChI is InChI=1S/C25H34FN7S/c1-18-5-4-6-20(13-18)31-9-11-32(12-10-31)24-15-23(33-8-7-21(17-33)30(2)3)19(14-22(24)26)16-28-29-25(27)34/h4-6,13-16,21H,7-12,17H2,1-3H3,(H3,27,29,34)/b28-16+/t21-/m1/s1. The Balaban J connectivity index is 1.57. The minimum Gasteiger partial charge on any atom is -0.375 e. The Bertz CT molecular complexity index is 1050. The Hall–Kier alpha value is -2.91. The summed E-state index contributed by atoms with van der Waals surface area (Å²) in [5.41, 5.74) is 12.9. The molecule has 2 fully saturated rings. The van der Waals surface area contributed by atoms with E-state index in [2.05, 4.69) is 75.4 Å². The van der Waals surface area contributed by atoms with Crippen LogP contribution in [0.2, 0.25) is 0 Å². The minimum atomic E-state index is -0.243. The third-order valence-electron chi connectivity index (χ3n) is 6.70. The lowest BCUT2D eigenvalue weighted by molar-refractivity contribution is 0.315. The zero-order valence-corrected chi connectivity index (χ0v) is 21.0. The first-order chi connectivity index (χ1) is 16.3. The average Bonchev–Trinajstić information content (AvgIpc) is 3.30. The predicted molar refractivity (Wildman–Crippen MR) is 144 cm³/mol. The van der Waals surface area contributed by atoms with Gasteiger partial charge in [0.25, 0.3) is 0 Å². The molecule has 1 atom stereocenters. The summed E-state index contributed by atoms with van der Waals surface area (Å²) in [5, 5.41) is 4.17. The third-order valence-corrected chi connectivity index (χ3v) is 6.79. The number of thiocarbonyl (C=S) groups is 1. The molecule has 2 aliphatic rings. The van der Waals surface area contributed by atoms with Gasteiger partial charge in [-0.05, 0) is 69.5 Å². The summed E-state index contributed by atoms with van der Waals surface area (Å²) in [4.78, 5) is 9.08. The van der Waals surface area contributed by atoms with Crippen molar-refractivity contribution >= 4 is 40.6 Å². The zero-order chi connectivity index (χ0) is 24.2. The second kappa shape index (κ2) is 10.6. The fourth-order valence-electron chi connectivity index (χ4n) is 4.76. The van der Waals surface area contributed by atoms with E-state index in [4.69, 9.17) is 18.0 Å². The number of anilines is 3. The van der Waals surface area contributed by atoms with Crippen LogP contribution in [-0.4, -0.2) is 75.6 Å². The molecule has 9 heteroatoms. The molecule has 0 saturated carbocycles. The summed E-state index contributed by atoms with van der Waals surface area (Å²) < 4.78 is 15.4. The Labute approximate surface area is 207 Å². The van der Waals surface area contributed by atoms with Gasteiger partial charge >= 0.3 is 0 Å². The smallest absolute Gasteiger partial charge is 0.184 e. The topological polar surface area (TPSA) is 63.4 Å². The number of hydrogen-bond acceptors (Lipinski definition) is 6. The maximum atomic E-state index is 15.4. The van der Waals surface area contributed by atoms with Gasteiger partial charge in [0.05, 0.1) is 11.9 Å². The number of benzene rings is 2. The van der Waals surface area contributed by atoms with Crippen LogP contribution < -0.4 is 25.9 Å². The highest BCUT2D eigenvalue weighted by atomic mass is 32.1. The second-order valence-electron chi connectivity index (χ2n) is 9.26. The van der Waals surface area contributed by atoms with Crippen LogP contribution in [0.3, 0.4) is 0 Å². The number of halogens is 1. The maximum Gasteiger partial charge on any atom is 0.184 e. The van der Waals surface area contributed by atoms with Crippen molar-refractivity contribution in [2.45, 2.75) is 19.4 Å². The molecule has 0 amide bonds. The summed E-state index contributed by atoms with van der Waals surface area (Å²) in [7, 11) is 4.21. The minimum absolute atomic E-state index is 0.0789. The van der Waals surface area contributed by atoms with Gasteiger partial charge in [-0.2, -0.15) is 5.10 Å². The Kier molecular flexibility index (Phi) is 7.53. The molecule has 2 aromatic carbocycles. The number of hydrogen-bond donors (Lipinski definition) is 2. The van der Waals surface area contributed by atoms with Crippen molar-refractivity contribution in [1.29, 1.82) is 0 Å². The molecule has 2 saturated heterocycles. The largest absolute Gasteiger partial charge is 0.375 e. The molecule has 3 N–H and O–H groups in total. The van der Waals surface area contributed by atoms with Crippen molar-refractivity contribution in [3.05, 3.63) is 53.3 Å². The number of likely N-dealkylation sites (N-methyl/N-ethyl adjacent to an activating group) is 1. The van der Waals surface area contributed by atoms with Crippen molar-refractivity contribution < 1.29 is 4.39 Å². The first-order valence-corrected chi connectivity index (χ1v) is 12.1. The molecule has 0 unspecified atom stereocenters. The highest BCUT2D eigenvalue weighted by Gasteiger charge is 2.28. The summed E-state index contributed by atoms with van der Waals surface area (Å²) in [6.07, 6.45) is 2.66. The van der Waals surface area contributed by atoms with Crippen molar-refractivity contribution in [1.82, 2.24) is 10.3 Å². The highest BCUT2D eigenvalue weighted by molar-refractivity contribution is 7.80. The van der Waals surface area contributed by atoms with Crippen LogP contribution in [-0.2, 0) is 0 Å². The lowest BCUT2D eigenvalue weighted by Crippen LogP contribution is -2.47. The van der Waals surface area contributed by atoms with Gasteiger partial charge in [0.2, 0.25) is 0 Å². The number of hydrazone groups is 1. The maximum absolute atomic E-state index is 15.4. The van der Waals surface area contributed by atoms with Gasteiger partial charge in [-0.15, -0.1) is 0 Å². The molecule has 2 aliphatic heterocycles. The van der Waals surface area contributed by atoms with Crippen LogP contribution in [0.1, 0.15) is 17.5 Å². The predicted octanol–water partition coefficient (Wildman–Crippen LogP) is 2.77. The van der Waals surface area contributed by atoms with Crippen LogP contribution in [0.4, 0.5) is 21.5 Å². The third kappa shape index (κ3) is 5.59. The summed E-state index contributed by atoms with van der Waals surface area (Å²) in [6.45, 7) is 7.15. The first-order valence-electron chi connectivity index (χ1n) is 11.7. The second-order valence-corrected chi connectivity index (χ2v) is 9.70. The monoisotopic (exact) mass is 483 g/mol. The molecule has 182 valence electrons. The lowest BCUT2D eigenvalue weighted by Gasteiger charge is -2.38. The Morgan fingerprint density at radius 2 is 1.82 bits per heavy atom. The van der Waals surface area contributed by atoms with Gasteiger partial charge in [0.15, 0.2) is 5.11 Å². The molecule has 2 aromatic rings. The van der Waals surface area contributed by atoms with Crippen molar-refractivity contribution in [3.8, 4) is 0 Å². The first kappa shape index (κ1) is 24.2. The molecular weight excluding hydrogens is 449 g/mol. The Morgan fingerprint density at radius 3 is 2.47 bits per heavy atom. The number of aryl methyl sites for hydroxylation is 1. The van der Waals surface area contributed by atoms with E-state index in [1.807, 2.05) is 6.07 Å². The van der Waals surface area contributed by atoms with Crippen LogP contribution in [0, 0.1) is 12.7 Å². The van der Waals surface area contributed by atoms with E-state index >= 15 is 4.39 Å². The molecule has 0 bridgehead atoms. The van der Waals surface area contributed by atoms with Gasteiger partial charge in [0, 0.05) is 62.2 Å². The van der Waals surface area contributed by atoms with Crippen molar-refractivity contribution in [3.63, 3.8) is 0 Å². The van der Waals surface area contributed by atoms with Gasteiger partial charge < -0.3 is 25.3 Å². The molecule has 2 heterocycles. The van der Waals surface area contributed by atoms with E-state index in [1.165, 1.54) is 11.3 Å². The molecule has 0 radical (unpaired) electrons. The van der Waals surface area contributed by atoms with Gasteiger partial charge in [-0.3, -0.25) is 5.43 Å². The SMILES string of the molecule is Cc1cccc(N2CCN(c3cc(N4CC[C@@H](N(C)C)C4)c(/C=N/NC(N)=S)cc3F)CC2)c1. The van der Waals surface area contributed by atoms with Gasteiger partial charge in [-0.1, -0.05) is 12.1 Å². The van der Waals surface area contributed by atoms with E-state index < -0.39 is 0 Å². The van der Waals surface area contributed by atoms with Crippen LogP contribution in [0.15, 0.2) is 41.5 Å². The zero-order valence-electron chi connectivity index (χ0n) is 20.2. The van der Waals surface area contributed by atoms with E-state index in [1.54, 1.807) is 12.3 Å². The fraction of sp³-hybridized carbons (Fsp3) is 0.440. The lowest BCUT2D eigenvalue weighted by atomic mass is 10.1. The molecule has 4 rings (SSSR count). The van der Waals surface area contributed by atoms with E-state index in [9.17, 15) is 0 Å². The van der Waals surface area contributed by atoms with Crippen LogP contribution in [0.5, 0.6) is 0 Å². The number of nitrogens with zero attached hydrogens (tertiary/aromatic N) is 5. The summed E-state index contributed by atoms with van der Waals surface area (Å²) in [6, 6.07) is 12.6. The molecule has 0 aromatic heterocycles. The number of piperazine rings is 1. The summed E-state index contributed by atoms with van der Waals surface area (Å²) in [5.74, 6) is -0.243. The van der Waals surface area contributed by atoms with Crippen molar-refractivity contribution in [2.75, 3.05) is 68.1 Å². The van der Waals surface area contributed by atoms with Crippen molar-refractivity contribution in [2.24, 2.45) is 10.8 Å². The molecular formula is C25H34FN7S.